The highest BCUT2D eigenvalue weighted by molar-refractivity contribution is 5.75. The number of hydrogen-bond acceptors (Lipinski definition) is 2. The molecule has 1 amide bonds. The molecular weight excluding hydrogens is 302 g/mol. The van der Waals surface area contributed by atoms with Gasteiger partial charge < -0.3 is 10.4 Å². The predicted octanol–water partition coefficient (Wildman–Crippen LogP) is 5.16. The van der Waals surface area contributed by atoms with E-state index in [2.05, 4.69) is 26.1 Å². The summed E-state index contributed by atoms with van der Waals surface area (Å²) in [7, 11) is 0. The molecule has 1 atom stereocenters. The predicted molar refractivity (Wildman–Crippen MR) is 100 cm³/mol. The summed E-state index contributed by atoms with van der Waals surface area (Å²) in [6, 6.07) is 0. The number of hydrogen-bond donors (Lipinski definition) is 2. The lowest BCUT2D eigenvalue weighted by molar-refractivity contribution is -0.138. The van der Waals surface area contributed by atoms with E-state index in [1.807, 2.05) is 0 Å². The van der Waals surface area contributed by atoms with Crippen molar-refractivity contribution in [2.75, 3.05) is 6.54 Å². The summed E-state index contributed by atoms with van der Waals surface area (Å²) in [5.74, 6) is -0.232. The Kier molecular flexibility index (Phi) is 14.8. The van der Waals surface area contributed by atoms with Crippen LogP contribution < -0.4 is 5.32 Å². The quantitative estimate of drug-likeness (QED) is 0.381. The number of nitrogens with one attached hydrogen (secondary N) is 1. The van der Waals surface area contributed by atoms with Crippen molar-refractivity contribution in [1.29, 1.82) is 0 Å². The number of rotatable bonds is 16. The summed E-state index contributed by atoms with van der Waals surface area (Å²) in [5, 5.41) is 11.9. The highest BCUT2D eigenvalue weighted by atomic mass is 16.4. The Morgan fingerprint density at radius 2 is 1.46 bits per heavy atom. The molecule has 0 bridgehead atoms. The van der Waals surface area contributed by atoms with Crippen molar-refractivity contribution >= 4 is 11.9 Å². The molecule has 0 aliphatic heterocycles. The van der Waals surface area contributed by atoms with Crippen molar-refractivity contribution in [3.63, 3.8) is 0 Å². The number of carbonyl (C=O) groups is 2. The molecule has 24 heavy (non-hydrogen) atoms. The summed E-state index contributed by atoms with van der Waals surface area (Å²) < 4.78 is 0. The first-order valence-corrected chi connectivity index (χ1v) is 9.94. The molecule has 2 N–H and O–H groups in total. The van der Waals surface area contributed by atoms with Gasteiger partial charge in [-0.05, 0) is 24.7 Å². The van der Waals surface area contributed by atoms with Gasteiger partial charge in [0.15, 0.2) is 0 Å². The van der Waals surface area contributed by atoms with Crippen molar-refractivity contribution in [2.45, 2.75) is 97.8 Å². The van der Waals surface area contributed by atoms with Crippen LogP contribution in [0.15, 0.2) is 0 Å². The molecule has 0 fully saturated rings. The third-order valence-corrected chi connectivity index (χ3v) is 4.36. The lowest BCUT2D eigenvalue weighted by atomic mass is 9.94. The number of unbranched alkanes of at least 4 members (excludes halogenated alkanes) is 8. The van der Waals surface area contributed by atoms with E-state index < -0.39 is 5.97 Å². The second kappa shape index (κ2) is 15.5. The maximum atomic E-state index is 11.9. The monoisotopic (exact) mass is 341 g/mol. The van der Waals surface area contributed by atoms with Gasteiger partial charge in [-0.1, -0.05) is 72.1 Å². The molecule has 0 saturated carbocycles. The Morgan fingerprint density at radius 1 is 0.917 bits per heavy atom. The minimum atomic E-state index is -0.783. The van der Waals surface area contributed by atoms with Crippen LogP contribution in [0.25, 0.3) is 0 Å². The second-order valence-electron chi connectivity index (χ2n) is 7.48. The lowest BCUT2D eigenvalue weighted by Gasteiger charge is -2.17. The molecule has 0 heterocycles. The topological polar surface area (TPSA) is 66.4 Å². The van der Waals surface area contributed by atoms with Gasteiger partial charge >= 0.3 is 5.97 Å². The molecule has 0 spiro atoms. The molecule has 0 saturated heterocycles. The summed E-state index contributed by atoms with van der Waals surface area (Å²) in [6.07, 6.45) is 12.7. The van der Waals surface area contributed by atoms with Crippen LogP contribution in [-0.4, -0.2) is 23.5 Å². The SMILES string of the molecule is CCCCCCCCCCCC(=O)NC[C@H](CC(=O)O)CC(C)C. The summed E-state index contributed by atoms with van der Waals surface area (Å²) >= 11 is 0. The standard InChI is InChI=1S/C20H39NO3/c1-4-5-6-7-8-9-10-11-12-13-19(22)21-16-18(14-17(2)3)15-20(23)24/h17-18H,4-16H2,1-3H3,(H,21,22)(H,23,24)/t18-/m0/s1. The van der Waals surface area contributed by atoms with Gasteiger partial charge in [-0.15, -0.1) is 0 Å². The fraction of sp³-hybridized carbons (Fsp3) is 0.900. The summed E-state index contributed by atoms with van der Waals surface area (Å²) in [4.78, 5) is 22.7. The number of aliphatic carboxylic acids is 1. The van der Waals surface area contributed by atoms with Crippen molar-refractivity contribution in [3.05, 3.63) is 0 Å². The molecule has 0 radical (unpaired) electrons. The zero-order valence-corrected chi connectivity index (χ0v) is 16.1. The first-order valence-electron chi connectivity index (χ1n) is 9.94. The average molecular weight is 342 g/mol. The van der Waals surface area contributed by atoms with Gasteiger partial charge in [0.05, 0.1) is 0 Å². The van der Waals surface area contributed by atoms with E-state index >= 15 is 0 Å². The minimum absolute atomic E-state index is 0.0366. The van der Waals surface area contributed by atoms with Crippen LogP contribution in [0.4, 0.5) is 0 Å². The molecule has 142 valence electrons. The number of carboxylic acid groups (broad SMARTS) is 1. The molecule has 4 nitrogen and oxygen atoms in total. The van der Waals surface area contributed by atoms with Gasteiger partial charge in [-0.3, -0.25) is 9.59 Å². The van der Waals surface area contributed by atoms with Gasteiger partial charge in [0.2, 0.25) is 5.91 Å². The Hall–Kier alpha value is -1.06. The fourth-order valence-electron chi connectivity index (χ4n) is 3.10. The molecule has 0 aromatic rings. The molecular formula is C20H39NO3. The highest BCUT2D eigenvalue weighted by Gasteiger charge is 2.15. The average Bonchev–Trinajstić information content (AvgIpc) is 2.50. The van der Waals surface area contributed by atoms with Gasteiger partial charge in [-0.25, -0.2) is 0 Å². The molecule has 0 aliphatic rings. The van der Waals surface area contributed by atoms with Crippen LogP contribution in [0, 0.1) is 11.8 Å². The lowest BCUT2D eigenvalue weighted by Crippen LogP contribution is -2.30. The highest BCUT2D eigenvalue weighted by Crippen LogP contribution is 2.15. The normalized spacial score (nSPS) is 12.3. The van der Waals surface area contributed by atoms with Crippen LogP contribution in [0.2, 0.25) is 0 Å². The fourth-order valence-corrected chi connectivity index (χ4v) is 3.10. The number of carbonyl (C=O) groups excluding carboxylic acids is 1. The molecule has 4 heteroatoms. The number of carboxylic acids is 1. The van der Waals surface area contributed by atoms with Crippen LogP contribution in [0.3, 0.4) is 0 Å². The first kappa shape index (κ1) is 22.9. The van der Waals surface area contributed by atoms with Crippen LogP contribution in [0.5, 0.6) is 0 Å². The third kappa shape index (κ3) is 15.8. The third-order valence-electron chi connectivity index (χ3n) is 4.36. The van der Waals surface area contributed by atoms with E-state index in [0.717, 1.165) is 19.3 Å². The van der Waals surface area contributed by atoms with Crippen LogP contribution >= 0.6 is 0 Å². The molecule has 0 aromatic heterocycles. The van der Waals surface area contributed by atoms with Crippen molar-refractivity contribution in [2.24, 2.45) is 11.8 Å². The first-order chi connectivity index (χ1) is 11.5. The smallest absolute Gasteiger partial charge is 0.303 e. The molecule has 0 rings (SSSR count). The van der Waals surface area contributed by atoms with Gasteiger partial charge in [0.25, 0.3) is 0 Å². The zero-order valence-electron chi connectivity index (χ0n) is 16.1. The number of amides is 1. The van der Waals surface area contributed by atoms with Crippen LogP contribution in [0.1, 0.15) is 97.8 Å². The molecule has 0 aliphatic carbocycles. The van der Waals surface area contributed by atoms with E-state index in [-0.39, 0.29) is 18.2 Å². The molecule has 0 aromatic carbocycles. The van der Waals surface area contributed by atoms with Crippen molar-refractivity contribution in [3.8, 4) is 0 Å². The summed E-state index contributed by atoms with van der Waals surface area (Å²) in [6.45, 7) is 6.89. The van der Waals surface area contributed by atoms with E-state index in [1.165, 1.54) is 44.9 Å². The Balaban J connectivity index is 3.64. The maximum absolute atomic E-state index is 11.9. The van der Waals surface area contributed by atoms with Gasteiger partial charge in [0.1, 0.15) is 0 Å². The zero-order chi connectivity index (χ0) is 18.2. The Morgan fingerprint density at radius 3 is 1.96 bits per heavy atom. The van der Waals surface area contributed by atoms with Crippen molar-refractivity contribution in [1.82, 2.24) is 5.32 Å². The van der Waals surface area contributed by atoms with E-state index in [9.17, 15) is 9.59 Å². The largest absolute Gasteiger partial charge is 0.481 e. The van der Waals surface area contributed by atoms with Gasteiger partial charge in [-0.2, -0.15) is 0 Å². The Bertz CT molecular complexity index is 329. The van der Waals surface area contributed by atoms with Gasteiger partial charge in [0, 0.05) is 19.4 Å². The Labute approximate surface area is 148 Å². The van der Waals surface area contributed by atoms with E-state index in [1.54, 1.807) is 0 Å². The van der Waals surface area contributed by atoms with E-state index in [4.69, 9.17) is 5.11 Å². The van der Waals surface area contributed by atoms with Crippen molar-refractivity contribution < 1.29 is 14.7 Å². The second-order valence-corrected chi connectivity index (χ2v) is 7.48. The van der Waals surface area contributed by atoms with E-state index in [0.29, 0.717) is 18.9 Å². The summed E-state index contributed by atoms with van der Waals surface area (Å²) in [5.41, 5.74) is 0. The maximum Gasteiger partial charge on any atom is 0.303 e. The minimum Gasteiger partial charge on any atom is -0.481 e. The molecule has 0 unspecified atom stereocenters. The van der Waals surface area contributed by atoms with Crippen LogP contribution in [-0.2, 0) is 9.59 Å².